The van der Waals surface area contributed by atoms with Crippen LogP contribution in [-0.4, -0.2) is 17.3 Å². The average Bonchev–Trinajstić information content (AvgIpc) is 3.18. The van der Waals surface area contributed by atoms with Gasteiger partial charge in [0.1, 0.15) is 0 Å². The van der Waals surface area contributed by atoms with Crippen molar-refractivity contribution in [3.63, 3.8) is 0 Å². The summed E-state index contributed by atoms with van der Waals surface area (Å²) in [4.78, 5) is 39.3. The SMILES string of the molecule is CCC(CC(CCC1=CCC(C(=O)c2ccccc2)C=C1)C1=CCC(C(=O)c2ccccc2)C=C1)c1ccc(C(=O)c2ccccc2)cc1. The number of rotatable bonds is 14. The van der Waals surface area contributed by atoms with Crippen LogP contribution in [0.1, 0.15) is 93.6 Å². The van der Waals surface area contributed by atoms with Crippen LogP contribution in [0.2, 0.25) is 0 Å². The number of hydrogen-bond acceptors (Lipinski definition) is 3. The molecule has 0 aliphatic heterocycles. The lowest BCUT2D eigenvalue weighted by Gasteiger charge is -2.27. The fourth-order valence-electron chi connectivity index (χ4n) is 7.12. The van der Waals surface area contributed by atoms with Gasteiger partial charge in [0.25, 0.3) is 0 Å². The van der Waals surface area contributed by atoms with Crippen LogP contribution in [0.3, 0.4) is 0 Å². The quantitative estimate of drug-likeness (QED) is 0.128. The van der Waals surface area contributed by atoms with Crippen LogP contribution in [0.15, 0.2) is 163 Å². The van der Waals surface area contributed by atoms with Crippen molar-refractivity contribution in [1.29, 1.82) is 0 Å². The van der Waals surface area contributed by atoms with E-state index in [-0.39, 0.29) is 29.2 Å². The molecule has 0 spiro atoms. The molecule has 4 aromatic carbocycles. The molecule has 4 aromatic rings. The topological polar surface area (TPSA) is 51.2 Å². The number of carbonyl (C=O) groups excluding carboxylic acids is 3. The molecule has 6 rings (SSSR count). The summed E-state index contributed by atoms with van der Waals surface area (Å²) in [7, 11) is 0. The van der Waals surface area contributed by atoms with Crippen molar-refractivity contribution in [2.75, 3.05) is 0 Å². The lowest BCUT2D eigenvalue weighted by atomic mass is 9.77. The second-order valence-electron chi connectivity index (χ2n) is 13.2. The Kier molecular flexibility index (Phi) is 11.2. The van der Waals surface area contributed by atoms with Gasteiger partial charge in [-0.25, -0.2) is 0 Å². The molecule has 0 saturated carbocycles. The average molecular weight is 645 g/mol. The molecule has 2 aliphatic carbocycles. The molecule has 0 N–H and O–H groups in total. The van der Waals surface area contributed by atoms with E-state index in [4.69, 9.17) is 0 Å². The largest absolute Gasteiger partial charge is 0.294 e. The first-order valence-electron chi connectivity index (χ1n) is 17.6. The van der Waals surface area contributed by atoms with E-state index in [1.54, 1.807) is 0 Å². The van der Waals surface area contributed by atoms with E-state index >= 15 is 0 Å². The van der Waals surface area contributed by atoms with E-state index in [1.807, 2.05) is 103 Å². The predicted octanol–water partition coefficient (Wildman–Crippen LogP) is 11.0. The van der Waals surface area contributed by atoms with Crippen LogP contribution in [0.25, 0.3) is 0 Å². The molecule has 0 fully saturated rings. The molecule has 0 saturated heterocycles. The van der Waals surface area contributed by atoms with E-state index in [2.05, 4.69) is 55.5 Å². The van der Waals surface area contributed by atoms with Gasteiger partial charge in [0, 0.05) is 34.1 Å². The highest BCUT2D eigenvalue weighted by molar-refractivity contribution is 6.09. The van der Waals surface area contributed by atoms with Gasteiger partial charge in [-0.15, -0.1) is 0 Å². The smallest absolute Gasteiger partial charge is 0.193 e. The fraction of sp³-hybridized carbons (Fsp3) is 0.239. The van der Waals surface area contributed by atoms with Crippen molar-refractivity contribution in [2.24, 2.45) is 17.8 Å². The number of benzene rings is 4. The molecule has 2 aliphatic rings. The van der Waals surface area contributed by atoms with Gasteiger partial charge in [-0.2, -0.15) is 0 Å². The van der Waals surface area contributed by atoms with E-state index in [9.17, 15) is 14.4 Å². The highest BCUT2D eigenvalue weighted by atomic mass is 16.1. The maximum Gasteiger partial charge on any atom is 0.193 e. The molecular formula is C46H44O3. The third-order valence-electron chi connectivity index (χ3n) is 10.1. The van der Waals surface area contributed by atoms with Crippen molar-refractivity contribution < 1.29 is 14.4 Å². The summed E-state index contributed by atoms with van der Waals surface area (Å²) in [5, 5.41) is 0. The molecule has 0 radical (unpaired) electrons. The third-order valence-corrected chi connectivity index (χ3v) is 10.1. The molecule has 0 aromatic heterocycles. The Morgan fingerprint density at radius 2 is 1.10 bits per heavy atom. The van der Waals surface area contributed by atoms with Gasteiger partial charge in [0.05, 0.1) is 0 Å². The molecule has 246 valence electrons. The zero-order chi connectivity index (χ0) is 34.0. The third kappa shape index (κ3) is 8.48. The van der Waals surface area contributed by atoms with E-state index < -0.39 is 0 Å². The van der Waals surface area contributed by atoms with Gasteiger partial charge in [-0.3, -0.25) is 14.4 Å². The van der Waals surface area contributed by atoms with Gasteiger partial charge in [-0.1, -0.05) is 164 Å². The summed E-state index contributed by atoms with van der Waals surface area (Å²) in [6.07, 6.45) is 18.3. The van der Waals surface area contributed by atoms with Crippen LogP contribution in [0.5, 0.6) is 0 Å². The normalized spacial score (nSPS) is 18.2. The van der Waals surface area contributed by atoms with Crippen LogP contribution in [-0.2, 0) is 0 Å². The first-order valence-corrected chi connectivity index (χ1v) is 17.6. The minimum Gasteiger partial charge on any atom is -0.294 e. The van der Waals surface area contributed by atoms with Gasteiger partial charge in [0.15, 0.2) is 17.3 Å². The van der Waals surface area contributed by atoms with E-state index in [0.29, 0.717) is 29.4 Å². The summed E-state index contributed by atoms with van der Waals surface area (Å²) < 4.78 is 0. The monoisotopic (exact) mass is 644 g/mol. The van der Waals surface area contributed by atoms with Crippen molar-refractivity contribution >= 4 is 17.3 Å². The first-order chi connectivity index (χ1) is 24.0. The lowest BCUT2D eigenvalue weighted by molar-refractivity contribution is 0.0937. The maximum absolute atomic E-state index is 13.2. The molecule has 49 heavy (non-hydrogen) atoms. The summed E-state index contributed by atoms with van der Waals surface area (Å²) in [5.74, 6) is 0.737. The Bertz CT molecular complexity index is 1860. The molecule has 4 unspecified atom stereocenters. The Labute approximate surface area is 290 Å². The Balaban J connectivity index is 1.16. The zero-order valence-corrected chi connectivity index (χ0v) is 28.2. The number of Topliss-reactive ketones (excluding diaryl/α,β-unsaturated/α-hetero) is 2. The van der Waals surface area contributed by atoms with Crippen LogP contribution in [0.4, 0.5) is 0 Å². The summed E-state index contributed by atoms with van der Waals surface area (Å²) in [6.45, 7) is 2.24. The minimum atomic E-state index is -0.147. The summed E-state index contributed by atoms with van der Waals surface area (Å²) in [6, 6.07) is 36.7. The van der Waals surface area contributed by atoms with Crippen molar-refractivity contribution in [3.8, 4) is 0 Å². The summed E-state index contributed by atoms with van der Waals surface area (Å²) >= 11 is 0. The minimum absolute atomic E-state index is 0.0386. The molecule has 3 nitrogen and oxygen atoms in total. The molecule has 0 bridgehead atoms. The van der Waals surface area contributed by atoms with Gasteiger partial charge >= 0.3 is 0 Å². The maximum atomic E-state index is 13.2. The zero-order valence-electron chi connectivity index (χ0n) is 28.2. The predicted molar refractivity (Wildman–Crippen MR) is 199 cm³/mol. The highest BCUT2D eigenvalue weighted by Gasteiger charge is 2.25. The van der Waals surface area contributed by atoms with Crippen LogP contribution < -0.4 is 0 Å². The van der Waals surface area contributed by atoms with Crippen LogP contribution in [0, 0.1) is 17.8 Å². The van der Waals surface area contributed by atoms with Crippen molar-refractivity contribution in [1.82, 2.24) is 0 Å². The Morgan fingerprint density at radius 1 is 0.592 bits per heavy atom. The fourth-order valence-corrected chi connectivity index (χ4v) is 7.12. The molecule has 3 heteroatoms. The first kappa shape index (κ1) is 33.7. The molecule has 0 amide bonds. The molecule has 4 atom stereocenters. The van der Waals surface area contributed by atoms with Gasteiger partial charge in [-0.05, 0) is 61.5 Å². The number of carbonyl (C=O) groups is 3. The standard InChI is InChI=1S/C46H44O3/c1-2-34(35-24-28-41(29-25-35)45(48)38-14-8-4-9-15-38)32-43(36-26-30-42(31-27-36)46(49)39-16-10-5-11-17-39)23-20-33-18-21-40(22-19-33)44(47)37-12-6-3-7-13-37/h3-19,21,24-30,34,40,42-43H,2,20,22-23,31-32H2,1H3. The Morgan fingerprint density at radius 3 is 1.59 bits per heavy atom. The van der Waals surface area contributed by atoms with Crippen molar-refractivity contribution in [2.45, 2.75) is 51.4 Å². The second-order valence-corrected chi connectivity index (χ2v) is 13.2. The number of hydrogen-bond donors (Lipinski definition) is 0. The number of ketones is 3. The molecular weight excluding hydrogens is 601 g/mol. The number of allylic oxidation sites excluding steroid dienone is 8. The van der Waals surface area contributed by atoms with Gasteiger partial charge in [0.2, 0.25) is 0 Å². The van der Waals surface area contributed by atoms with E-state index in [0.717, 1.165) is 43.2 Å². The Hall–Kier alpha value is -5.15. The summed E-state index contributed by atoms with van der Waals surface area (Å²) in [5.41, 5.74) is 6.73. The van der Waals surface area contributed by atoms with E-state index in [1.165, 1.54) is 16.7 Å². The van der Waals surface area contributed by atoms with Crippen molar-refractivity contribution in [3.05, 3.63) is 191 Å². The van der Waals surface area contributed by atoms with Gasteiger partial charge < -0.3 is 0 Å². The lowest BCUT2D eigenvalue weighted by Crippen LogP contribution is -2.17. The van der Waals surface area contributed by atoms with Crippen LogP contribution >= 0.6 is 0 Å². The second kappa shape index (κ2) is 16.3. The highest BCUT2D eigenvalue weighted by Crippen LogP contribution is 2.37. The molecule has 0 heterocycles.